The molecule has 1 atom stereocenters. The van der Waals surface area contributed by atoms with Crippen molar-refractivity contribution in [2.75, 3.05) is 24.9 Å². The molecule has 1 heterocycles. The summed E-state index contributed by atoms with van der Waals surface area (Å²) in [5.74, 6) is 0.143. The zero-order valence-corrected chi connectivity index (χ0v) is 21.5. The van der Waals surface area contributed by atoms with Crippen LogP contribution in [0.1, 0.15) is 29.8 Å². The number of benzene rings is 3. The molecule has 0 aromatic heterocycles. The van der Waals surface area contributed by atoms with Gasteiger partial charge in [-0.2, -0.15) is 0 Å². The molecule has 2 N–H and O–H groups in total. The first-order valence-electron chi connectivity index (χ1n) is 11.6. The average molecular weight is 504 g/mol. The SMILES string of the molecule is COC(=O)[C@H](C(C)C)N1Cc2ccc(-c3ccc(NC(=S)Nc4cccc(OC)c4)cc3)cc2C1=O. The van der Waals surface area contributed by atoms with E-state index in [1.807, 2.05) is 80.6 Å². The molecule has 0 unspecified atom stereocenters. The van der Waals surface area contributed by atoms with E-state index in [9.17, 15) is 9.59 Å². The van der Waals surface area contributed by atoms with Crippen molar-refractivity contribution in [2.24, 2.45) is 5.92 Å². The van der Waals surface area contributed by atoms with Gasteiger partial charge in [-0.25, -0.2) is 4.79 Å². The standard InChI is InChI=1S/C28H29N3O4S/c1-17(2)25(27(33)35-4)31-16-20-9-8-19(14-24(20)26(31)32)18-10-12-21(13-11-18)29-28(36)30-22-6-5-7-23(15-22)34-3/h5-15,17,25H,16H2,1-4H3,(H2,29,30,36)/t25-/m0/s1. The summed E-state index contributed by atoms with van der Waals surface area (Å²) in [6, 6.07) is 20.6. The maximum absolute atomic E-state index is 13.2. The van der Waals surface area contributed by atoms with Crippen LogP contribution in [0.5, 0.6) is 5.75 Å². The molecule has 1 aliphatic rings. The summed E-state index contributed by atoms with van der Waals surface area (Å²) >= 11 is 5.43. The second kappa shape index (κ2) is 10.8. The van der Waals surface area contributed by atoms with Gasteiger partial charge in [-0.15, -0.1) is 0 Å². The molecule has 0 bridgehead atoms. The number of esters is 1. The highest BCUT2D eigenvalue weighted by molar-refractivity contribution is 7.80. The highest BCUT2D eigenvalue weighted by atomic mass is 32.1. The van der Waals surface area contributed by atoms with E-state index < -0.39 is 12.0 Å². The second-order valence-electron chi connectivity index (χ2n) is 8.91. The van der Waals surface area contributed by atoms with E-state index in [0.29, 0.717) is 17.2 Å². The third kappa shape index (κ3) is 5.33. The minimum atomic E-state index is -0.613. The van der Waals surface area contributed by atoms with E-state index in [1.54, 1.807) is 12.0 Å². The summed E-state index contributed by atoms with van der Waals surface area (Å²) in [4.78, 5) is 27.1. The number of hydrogen-bond acceptors (Lipinski definition) is 5. The van der Waals surface area contributed by atoms with Gasteiger partial charge in [-0.1, -0.05) is 44.2 Å². The molecule has 4 rings (SSSR count). The minimum absolute atomic E-state index is 0.0558. The first-order valence-corrected chi connectivity index (χ1v) is 12.1. The van der Waals surface area contributed by atoms with Gasteiger partial charge < -0.3 is 25.0 Å². The molecule has 3 aromatic carbocycles. The Kier molecular flexibility index (Phi) is 7.55. The van der Waals surface area contributed by atoms with E-state index >= 15 is 0 Å². The van der Waals surface area contributed by atoms with Crippen molar-refractivity contribution in [2.45, 2.75) is 26.4 Å². The summed E-state index contributed by atoms with van der Waals surface area (Å²) < 4.78 is 10.2. The summed E-state index contributed by atoms with van der Waals surface area (Å²) in [5.41, 5.74) is 5.08. The molecular weight excluding hydrogens is 474 g/mol. The molecule has 7 nitrogen and oxygen atoms in total. The molecule has 1 aliphatic heterocycles. The lowest BCUT2D eigenvalue weighted by Crippen LogP contribution is -2.45. The Balaban J connectivity index is 1.46. The van der Waals surface area contributed by atoms with Crippen LogP contribution in [0.15, 0.2) is 66.7 Å². The van der Waals surface area contributed by atoms with Crippen molar-refractivity contribution >= 4 is 40.6 Å². The predicted molar refractivity (Wildman–Crippen MR) is 145 cm³/mol. The molecule has 1 amide bonds. The predicted octanol–water partition coefficient (Wildman–Crippen LogP) is 5.32. The van der Waals surface area contributed by atoms with Gasteiger partial charge >= 0.3 is 5.97 Å². The van der Waals surface area contributed by atoms with Gasteiger partial charge in [0.1, 0.15) is 11.8 Å². The second-order valence-corrected chi connectivity index (χ2v) is 9.31. The van der Waals surface area contributed by atoms with E-state index in [2.05, 4.69) is 10.6 Å². The molecule has 0 saturated carbocycles. The lowest BCUT2D eigenvalue weighted by molar-refractivity contribution is -0.147. The smallest absolute Gasteiger partial charge is 0.328 e. The number of amides is 1. The van der Waals surface area contributed by atoms with Gasteiger partial charge in [-0.05, 0) is 65.2 Å². The number of fused-ring (bicyclic) bond motifs is 1. The Morgan fingerprint density at radius 2 is 1.64 bits per heavy atom. The van der Waals surface area contributed by atoms with Gasteiger partial charge in [0.2, 0.25) is 0 Å². The zero-order valence-electron chi connectivity index (χ0n) is 20.7. The number of anilines is 2. The minimum Gasteiger partial charge on any atom is -0.497 e. The number of nitrogens with one attached hydrogen (secondary N) is 2. The number of ether oxygens (including phenoxy) is 2. The van der Waals surface area contributed by atoms with Crippen LogP contribution in [0.25, 0.3) is 11.1 Å². The molecule has 0 saturated heterocycles. The Bertz CT molecular complexity index is 1290. The summed E-state index contributed by atoms with van der Waals surface area (Å²) in [6.45, 7) is 4.22. The van der Waals surface area contributed by atoms with Gasteiger partial charge in [0.25, 0.3) is 5.91 Å². The van der Waals surface area contributed by atoms with E-state index in [0.717, 1.165) is 33.8 Å². The van der Waals surface area contributed by atoms with E-state index in [1.165, 1.54) is 7.11 Å². The number of thiocarbonyl (C=S) groups is 1. The fourth-order valence-electron chi connectivity index (χ4n) is 4.35. The first-order chi connectivity index (χ1) is 17.3. The zero-order chi connectivity index (χ0) is 25.8. The van der Waals surface area contributed by atoms with Crippen molar-refractivity contribution in [1.82, 2.24) is 4.90 Å². The van der Waals surface area contributed by atoms with Gasteiger partial charge in [-0.3, -0.25) is 4.79 Å². The normalized spacial score (nSPS) is 13.2. The van der Waals surface area contributed by atoms with Crippen LogP contribution < -0.4 is 15.4 Å². The van der Waals surface area contributed by atoms with Crippen molar-refractivity contribution < 1.29 is 19.1 Å². The quantitative estimate of drug-likeness (QED) is 0.333. The van der Waals surface area contributed by atoms with Crippen LogP contribution >= 0.6 is 12.2 Å². The molecule has 36 heavy (non-hydrogen) atoms. The lowest BCUT2D eigenvalue weighted by atomic mass is 10.00. The Labute approximate surface area is 216 Å². The van der Waals surface area contributed by atoms with Crippen molar-refractivity contribution in [3.05, 3.63) is 77.9 Å². The molecule has 0 radical (unpaired) electrons. The molecule has 0 spiro atoms. The molecule has 186 valence electrons. The van der Waals surface area contributed by atoms with Crippen LogP contribution in [0.4, 0.5) is 11.4 Å². The fraction of sp³-hybridized carbons (Fsp3) is 0.250. The molecule has 8 heteroatoms. The summed E-state index contributed by atoms with van der Waals surface area (Å²) in [7, 11) is 2.97. The molecular formula is C28H29N3O4S. The fourth-order valence-corrected chi connectivity index (χ4v) is 4.58. The monoisotopic (exact) mass is 503 g/mol. The van der Waals surface area contributed by atoms with Crippen LogP contribution in [0.2, 0.25) is 0 Å². The van der Waals surface area contributed by atoms with Crippen molar-refractivity contribution in [3.63, 3.8) is 0 Å². The first kappa shape index (κ1) is 25.2. The van der Waals surface area contributed by atoms with Crippen LogP contribution in [0.3, 0.4) is 0 Å². The Morgan fingerprint density at radius 3 is 2.31 bits per heavy atom. The Hall–Kier alpha value is -3.91. The highest BCUT2D eigenvalue weighted by Gasteiger charge is 2.38. The van der Waals surface area contributed by atoms with Gasteiger partial charge in [0, 0.05) is 29.5 Å². The number of carbonyl (C=O) groups is 2. The summed E-state index contributed by atoms with van der Waals surface area (Å²) in [6.07, 6.45) is 0. The van der Waals surface area contributed by atoms with Crippen LogP contribution in [0, 0.1) is 5.92 Å². The molecule has 3 aromatic rings. The largest absolute Gasteiger partial charge is 0.497 e. The van der Waals surface area contributed by atoms with Crippen LogP contribution in [-0.2, 0) is 16.1 Å². The number of hydrogen-bond donors (Lipinski definition) is 2. The van der Waals surface area contributed by atoms with E-state index in [-0.39, 0.29) is 11.8 Å². The molecule has 0 aliphatic carbocycles. The number of nitrogens with zero attached hydrogens (tertiary/aromatic N) is 1. The third-order valence-corrected chi connectivity index (χ3v) is 6.36. The number of methoxy groups -OCH3 is 2. The number of carbonyl (C=O) groups excluding carboxylic acids is 2. The maximum atomic E-state index is 13.2. The average Bonchev–Trinajstić information content (AvgIpc) is 3.19. The van der Waals surface area contributed by atoms with Gasteiger partial charge in [0.05, 0.1) is 14.2 Å². The summed E-state index contributed by atoms with van der Waals surface area (Å²) in [5, 5.41) is 6.78. The maximum Gasteiger partial charge on any atom is 0.328 e. The number of rotatable bonds is 7. The van der Waals surface area contributed by atoms with Crippen LogP contribution in [-0.4, -0.2) is 42.2 Å². The van der Waals surface area contributed by atoms with Crippen molar-refractivity contribution in [1.29, 1.82) is 0 Å². The van der Waals surface area contributed by atoms with E-state index in [4.69, 9.17) is 21.7 Å². The third-order valence-electron chi connectivity index (χ3n) is 6.16. The molecule has 0 fully saturated rings. The van der Waals surface area contributed by atoms with Crippen molar-refractivity contribution in [3.8, 4) is 16.9 Å². The Morgan fingerprint density at radius 1 is 0.944 bits per heavy atom. The highest BCUT2D eigenvalue weighted by Crippen LogP contribution is 2.32. The van der Waals surface area contributed by atoms with Gasteiger partial charge in [0.15, 0.2) is 5.11 Å². The topological polar surface area (TPSA) is 79.9 Å². The lowest BCUT2D eigenvalue weighted by Gasteiger charge is -2.28.